The minimum atomic E-state index is 0.653. The number of rotatable bonds is 4. The van der Waals surface area contributed by atoms with Crippen LogP contribution in [0.1, 0.15) is 50.3 Å². The maximum Gasteiger partial charge on any atom is 0.0794 e. The Bertz CT molecular complexity index is 276. The number of hydrogen-bond acceptors (Lipinski definition) is 3. The minimum Gasteiger partial charge on any atom is -0.309 e. The zero-order valence-electron chi connectivity index (χ0n) is 10.1. The van der Waals surface area contributed by atoms with Crippen LogP contribution in [0, 0.1) is 5.92 Å². The first-order valence-electron chi connectivity index (χ1n) is 6.47. The monoisotopic (exact) mass is 238 g/mol. The molecule has 1 saturated carbocycles. The van der Waals surface area contributed by atoms with Gasteiger partial charge in [0.05, 0.1) is 5.51 Å². The van der Waals surface area contributed by atoms with Crippen molar-refractivity contribution in [3.63, 3.8) is 0 Å². The molecule has 0 bridgehead atoms. The maximum absolute atomic E-state index is 4.11. The molecule has 1 fully saturated rings. The van der Waals surface area contributed by atoms with Crippen LogP contribution in [-0.2, 0) is 6.54 Å². The Morgan fingerprint density at radius 1 is 1.38 bits per heavy atom. The molecule has 0 radical (unpaired) electrons. The second kappa shape index (κ2) is 6.36. The lowest BCUT2D eigenvalue weighted by molar-refractivity contribution is 0.337. The summed E-state index contributed by atoms with van der Waals surface area (Å²) in [5, 5.41) is 3.65. The average Bonchev–Trinajstić information content (AvgIpc) is 2.66. The fourth-order valence-corrected chi connectivity index (χ4v) is 3.11. The van der Waals surface area contributed by atoms with E-state index < -0.39 is 0 Å². The van der Waals surface area contributed by atoms with E-state index in [4.69, 9.17) is 0 Å². The van der Waals surface area contributed by atoms with Gasteiger partial charge >= 0.3 is 0 Å². The minimum absolute atomic E-state index is 0.653. The molecule has 90 valence electrons. The van der Waals surface area contributed by atoms with E-state index in [2.05, 4.69) is 17.2 Å². The molecule has 1 heterocycles. The van der Waals surface area contributed by atoms with Crippen LogP contribution in [0.25, 0.3) is 0 Å². The van der Waals surface area contributed by atoms with Gasteiger partial charge in [-0.25, -0.2) is 0 Å². The lowest BCUT2D eigenvalue weighted by Gasteiger charge is -2.23. The fourth-order valence-electron chi connectivity index (χ4n) is 2.57. The summed E-state index contributed by atoms with van der Waals surface area (Å²) >= 11 is 1.74. The van der Waals surface area contributed by atoms with Crippen molar-refractivity contribution in [2.45, 2.75) is 58.0 Å². The van der Waals surface area contributed by atoms with E-state index in [9.17, 15) is 0 Å². The summed E-state index contributed by atoms with van der Waals surface area (Å²) in [5.41, 5.74) is 1.91. The van der Waals surface area contributed by atoms with Crippen LogP contribution in [0.5, 0.6) is 0 Å². The first kappa shape index (κ1) is 12.1. The second-order valence-corrected chi connectivity index (χ2v) is 5.86. The average molecular weight is 238 g/mol. The third-order valence-corrected chi connectivity index (χ3v) is 4.47. The van der Waals surface area contributed by atoms with E-state index >= 15 is 0 Å². The molecule has 1 aliphatic carbocycles. The van der Waals surface area contributed by atoms with Crippen molar-refractivity contribution in [3.8, 4) is 0 Å². The highest BCUT2D eigenvalue weighted by Gasteiger charge is 2.18. The summed E-state index contributed by atoms with van der Waals surface area (Å²) in [4.78, 5) is 5.45. The zero-order valence-corrected chi connectivity index (χ0v) is 10.9. The second-order valence-electron chi connectivity index (χ2n) is 4.89. The zero-order chi connectivity index (χ0) is 11.2. The Morgan fingerprint density at radius 2 is 2.12 bits per heavy atom. The summed E-state index contributed by atoms with van der Waals surface area (Å²) in [6.45, 7) is 3.33. The van der Waals surface area contributed by atoms with Crippen molar-refractivity contribution in [1.82, 2.24) is 10.3 Å². The van der Waals surface area contributed by atoms with E-state index in [1.165, 1.54) is 43.4 Å². The smallest absolute Gasteiger partial charge is 0.0794 e. The van der Waals surface area contributed by atoms with Crippen molar-refractivity contribution in [1.29, 1.82) is 0 Å². The van der Waals surface area contributed by atoms with Crippen molar-refractivity contribution in [2.24, 2.45) is 5.92 Å². The Labute approximate surface area is 102 Å². The van der Waals surface area contributed by atoms with Crippen molar-refractivity contribution in [2.75, 3.05) is 0 Å². The van der Waals surface area contributed by atoms with Gasteiger partial charge < -0.3 is 5.32 Å². The van der Waals surface area contributed by atoms with Crippen LogP contribution in [0.2, 0.25) is 0 Å². The van der Waals surface area contributed by atoms with Crippen molar-refractivity contribution < 1.29 is 0 Å². The number of thiazole rings is 1. The van der Waals surface area contributed by atoms with Gasteiger partial charge in [0.25, 0.3) is 0 Å². The SMILES string of the molecule is C[C@H](NCc1cncs1)C1CCCCCC1. The third kappa shape index (κ3) is 3.56. The summed E-state index contributed by atoms with van der Waals surface area (Å²) in [5.74, 6) is 0.885. The molecule has 3 heteroatoms. The highest BCUT2D eigenvalue weighted by molar-refractivity contribution is 7.09. The summed E-state index contributed by atoms with van der Waals surface area (Å²) in [6.07, 6.45) is 10.5. The molecule has 0 saturated heterocycles. The van der Waals surface area contributed by atoms with Crippen molar-refractivity contribution in [3.05, 3.63) is 16.6 Å². The lowest BCUT2D eigenvalue weighted by Crippen LogP contribution is -2.32. The highest BCUT2D eigenvalue weighted by atomic mass is 32.1. The first-order valence-corrected chi connectivity index (χ1v) is 7.35. The van der Waals surface area contributed by atoms with Gasteiger partial charge in [-0.3, -0.25) is 4.98 Å². The van der Waals surface area contributed by atoms with Gasteiger partial charge in [0.1, 0.15) is 0 Å². The van der Waals surface area contributed by atoms with Gasteiger partial charge in [-0.1, -0.05) is 25.7 Å². The maximum atomic E-state index is 4.11. The summed E-state index contributed by atoms with van der Waals surface area (Å²) in [6, 6.07) is 0.653. The highest BCUT2D eigenvalue weighted by Crippen LogP contribution is 2.25. The van der Waals surface area contributed by atoms with Crippen LogP contribution in [0.4, 0.5) is 0 Å². The van der Waals surface area contributed by atoms with Crippen LogP contribution < -0.4 is 5.32 Å². The first-order chi connectivity index (χ1) is 7.86. The molecule has 1 aromatic heterocycles. The standard InChI is InChI=1S/C13H22N2S/c1-11(12-6-4-2-3-5-7-12)15-9-13-8-14-10-16-13/h8,10-12,15H,2-7,9H2,1H3/t11-/m0/s1. The molecular formula is C13H22N2S. The normalized spacial score (nSPS) is 20.6. The van der Waals surface area contributed by atoms with Crippen LogP contribution in [0.3, 0.4) is 0 Å². The molecule has 2 nitrogen and oxygen atoms in total. The van der Waals surface area contributed by atoms with E-state index in [-0.39, 0.29) is 0 Å². The molecule has 2 rings (SSSR count). The molecule has 0 aromatic carbocycles. The Balaban J connectivity index is 1.75. The van der Waals surface area contributed by atoms with Gasteiger partial charge in [-0.2, -0.15) is 0 Å². The van der Waals surface area contributed by atoms with Gasteiger partial charge in [-0.05, 0) is 25.7 Å². The number of hydrogen-bond donors (Lipinski definition) is 1. The van der Waals surface area contributed by atoms with Gasteiger partial charge in [0.15, 0.2) is 0 Å². The molecule has 0 spiro atoms. The molecular weight excluding hydrogens is 216 g/mol. The van der Waals surface area contributed by atoms with Gasteiger partial charge in [0, 0.05) is 23.7 Å². The number of nitrogens with one attached hydrogen (secondary N) is 1. The van der Waals surface area contributed by atoms with Crippen LogP contribution >= 0.6 is 11.3 Å². The lowest BCUT2D eigenvalue weighted by atomic mass is 9.93. The van der Waals surface area contributed by atoms with E-state index in [0.29, 0.717) is 6.04 Å². The van der Waals surface area contributed by atoms with Gasteiger partial charge in [-0.15, -0.1) is 11.3 Å². The fraction of sp³-hybridized carbons (Fsp3) is 0.769. The summed E-state index contributed by atoms with van der Waals surface area (Å²) in [7, 11) is 0. The number of aromatic nitrogens is 1. The van der Waals surface area contributed by atoms with E-state index in [1.54, 1.807) is 11.3 Å². The van der Waals surface area contributed by atoms with Crippen LogP contribution in [-0.4, -0.2) is 11.0 Å². The van der Waals surface area contributed by atoms with Gasteiger partial charge in [0.2, 0.25) is 0 Å². The Hall–Kier alpha value is -0.410. The molecule has 0 amide bonds. The quantitative estimate of drug-likeness (QED) is 0.811. The topological polar surface area (TPSA) is 24.9 Å². The van der Waals surface area contributed by atoms with E-state index in [1.807, 2.05) is 11.7 Å². The molecule has 0 unspecified atom stereocenters. The van der Waals surface area contributed by atoms with Crippen molar-refractivity contribution >= 4 is 11.3 Å². The molecule has 1 aromatic rings. The Morgan fingerprint density at radius 3 is 2.75 bits per heavy atom. The number of nitrogens with zero attached hydrogens (tertiary/aromatic N) is 1. The predicted molar refractivity (Wildman–Crippen MR) is 69.6 cm³/mol. The molecule has 1 atom stereocenters. The van der Waals surface area contributed by atoms with E-state index in [0.717, 1.165) is 12.5 Å². The largest absolute Gasteiger partial charge is 0.309 e. The third-order valence-electron chi connectivity index (χ3n) is 3.69. The predicted octanol–water partition coefficient (Wildman–Crippen LogP) is 3.59. The molecule has 0 aliphatic heterocycles. The molecule has 16 heavy (non-hydrogen) atoms. The van der Waals surface area contributed by atoms with Crippen LogP contribution in [0.15, 0.2) is 11.7 Å². The Kier molecular flexibility index (Phi) is 4.79. The molecule has 1 aliphatic rings. The summed E-state index contributed by atoms with van der Waals surface area (Å²) < 4.78 is 0. The molecule has 1 N–H and O–H groups in total.